The Labute approximate surface area is 122 Å². The molecule has 1 fully saturated rings. The van der Waals surface area contributed by atoms with E-state index in [0.29, 0.717) is 5.56 Å². The highest BCUT2D eigenvalue weighted by Gasteiger charge is 2.16. The minimum atomic E-state index is -0.812. The molecule has 1 aromatic carbocycles. The second-order valence-corrected chi connectivity index (χ2v) is 5.01. The molecule has 2 aromatic rings. The third kappa shape index (κ3) is 3.24. The first-order valence-corrected chi connectivity index (χ1v) is 6.89. The van der Waals surface area contributed by atoms with E-state index in [2.05, 4.69) is 14.9 Å². The molecule has 1 aromatic heterocycles. The van der Waals surface area contributed by atoms with E-state index in [-0.39, 0.29) is 0 Å². The quantitative estimate of drug-likeness (QED) is 0.847. The Balaban J connectivity index is 1.68. The molecule has 3 rings (SSSR count). The van der Waals surface area contributed by atoms with E-state index in [1.165, 1.54) is 11.6 Å². The lowest BCUT2D eigenvalue weighted by atomic mass is 10.0. The second kappa shape index (κ2) is 5.99. The summed E-state index contributed by atoms with van der Waals surface area (Å²) >= 11 is 0. The van der Waals surface area contributed by atoms with Crippen LogP contribution in [-0.4, -0.2) is 23.1 Å². The van der Waals surface area contributed by atoms with E-state index in [1.807, 2.05) is 6.08 Å². The van der Waals surface area contributed by atoms with Crippen LogP contribution in [0.25, 0.3) is 6.08 Å². The zero-order valence-electron chi connectivity index (χ0n) is 11.5. The Morgan fingerprint density at radius 2 is 1.71 bits per heavy atom. The van der Waals surface area contributed by atoms with Crippen LogP contribution < -0.4 is 4.90 Å². The molecule has 108 valence electrons. The van der Waals surface area contributed by atoms with E-state index in [9.17, 15) is 8.78 Å². The normalized spacial score (nSPS) is 15.1. The molecule has 0 N–H and O–H groups in total. The molecule has 0 spiro atoms. The topological polar surface area (TPSA) is 29.0 Å². The molecule has 0 bridgehead atoms. The molecule has 3 nitrogen and oxygen atoms in total. The number of halogens is 2. The number of hydrogen-bond donors (Lipinski definition) is 0. The summed E-state index contributed by atoms with van der Waals surface area (Å²) in [5, 5.41) is 0. The van der Waals surface area contributed by atoms with Crippen LogP contribution in [0.5, 0.6) is 0 Å². The fourth-order valence-electron chi connectivity index (χ4n) is 2.43. The van der Waals surface area contributed by atoms with Crippen LogP contribution >= 0.6 is 0 Å². The summed E-state index contributed by atoms with van der Waals surface area (Å²) in [5.41, 5.74) is 1.93. The average Bonchev–Trinajstić information content (AvgIpc) is 2.53. The largest absolute Gasteiger partial charge is 0.340 e. The third-order valence-electron chi connectivity index (χ3n) is 3.56. The Kier molecular flexibility index (Phi) is 3.90. The number of aromatic nitrogens is 2. The number of piperidine rings is 1. The fourth-order valence-corrected chi connectivity index (χ4v) is 2.43. The molecule has 1 aliphatic rings. The molecule has 0 unspecified atom stereocenters. The Morgan fingerprint density at radius 1 is 1.00 bits per heavy atom. The van der Waals surface area contributed by atoms with Crippen LogP contribution in [-0.2, 0) is 0 Å². The lowest BCUT2D eigenvalue weighted by Gasteiger charge is -2.28. The van der Waals surface area contributed by atoms with Crippen LogP contribution in [0.15, 0.2) is 42.2 Å². The summed E-state index contributed by atoms with van der Waals surface area (Å²) in [7, 11) is 0. The molecule has 21 heavy (non-hydrogen) atoms. The van der Waals surface area contributed by atoms with E-state index >= 15 is 0 Å². The van der Waals surface area contributed by atoms with E-state index in [0.717, 1.165) is 37.9 Å². The standard InChI is InChI=1S/C16H15F2N3/c17-14-3-2-13(11-15(14)18)10-12-4-8-21(9-5-12)16-19-6-1-7-20-16/h1-3,6-7,10-11H,4-5,8-9H2. The first-order valence-electron chi connectivity index (χ1n) is 6.89. The third-order valence-corrected chi connectivity index (χ3v) is 3.56. The van der Waals surface area contributed by atoms with Gasteiger partial charge in [-0.05, 0) is 36.6 Å². The number of anilines is 1. The highest BCUT2D eigenvalue weighted by atomic mass is 19.2. The van der Waals surface area contributed by atoms with Crippen molar-refractivity contribution in [3.05, 3.63) is 59.4 Å². The highest BCUT2D eigenvalue weighted by molar-refractivity contribution is 5.54. The minimum absolute atomic E-state index is 0.702. The molecule has 0 atom stereocenters. The molecule has 2 heterocycles. The Hall–Kier alpha value is -2.30. The average molecular weight is 287 g/mol. The number of hydrogen-bond acceptors (Lipinski definition) is 3. The number of nitrogens with zero attached hydrogens (tertiary/aromatic N) is 3. The summed E-state index contributed by atoms with van der Waals surface area (Å²) in [6.45, 7) is 1.67. The monoisotopic (exact) mass is 287 g/mol. The maximum absolute atomic E-state index is 13.2. The van der Waals surface area contributed by atoms with Crippen molar-refractivity contribution in [3.8, 4) is 0 Å². The Morgan fingerprint density at radius 3 is 2.38 bits per heavy atom. The molecule has 1 saturated heterocycles. The molecule has 0 saturated carbocycles. The molecule has 0 aliphatic carbocycles. The smallest absolute Gasteiger partial charge is 0.225 e. The van der Waals surface area contributed by atoms with Gasteiger partial charge < -0.3 is 4.90 Å². The van der Waals surface area contributed by atoms with Gasteiger partial charge in [-0.2, -0.15) is 0 Å². The van der Waals surface area contributed by atoms with Gasteiger partial charge >= 0.3 is 0 Å². The van der Waals surface area contributed by atoms with Gasteiger partial charge in [-0.1, -0.05) is 17.7 Å². The van der Waals surface area contributed by atoms with Crippen LogP contribution in [0.1, 0.15) is 18.4 Å². The zero-order chi connectivity index (χ0) is 14.7. The SMILES string of the molecule is Fc1ccc(C=C2CCN(c3ncccn3)CC2)cc1F. The Bertz CT molecular complexity index is 646. The molecule has 0 radical (unpaired) electrons. The van der Waals surface area contributed by atoms with Gasteiger partial charge in [0.05, 0.1) is 0 Å². The lowest BCUT2D eigenvalue weighted by molar-refractivity contribution is 0.508. The van der Waals surface area contributed by atoms with Gasteiger partial charge in [0, 0.05) is 25.5 Å². The first kappa shape index (κ1) is 13.7. The summed E-state index contributed by atoms with van der Waals surface area (Å²) in [4.78, 5) is 10.6. The molecular weight excluding hydrogens is 272 g/mol. The summed E-state index contributed by atoms with van der Waals surface area (Å²) < 4.78 is 26.1. The minimum Gasteiger partial charge on any atom is -0.340 e. The van der Waals surface area contributed by atoms with Gasteiger partial charge in [0.15, 0.2) is 11.6 Å². The zero-order valence-corrected chi connectivity index (χ0v) is 11.5. The maximum atomic E-state index is 13.2. The molecular formula is C16H15F2N3. The van der Waals surface area contributed by atoms with Crippen molar-refractivity contribution in [1.82, 2.24) is 9.97 Å². The van der Waals surface area contributed by atoms with E-state index in [1.54, 1.807) is 24.5 Å². The van der Waals surface area contributed by atoms with Crippen LogP contribution in [0, 0.1) is 11.6 Å². The lowest BCUT2D eigenvalue weighted by Crippen LogP contribution is -2.31. The van der Waals surface area contributed by atoms with Crippen molar-refractivity contribution < 1.29 is 8.78 Å². The van der Waals surface area contributed by atoms with Crippen LogP contribution in [0.3, 0.4) is 0 Å². The summed E-state index contributed by atoms with van der Waals surface area (Å²) in [6.07, 6.45) is 7.14. The van der Waals surface area contributed by atoms with Crippen LogP contribution in [0.2, 0.25) is 0 Å². The second-order valence-electron chi connectivity index (χ2n) is 5.01. The number of rotatable bonds is 2. The fraction of sp³-hybridized carbons (Fsp3) is 0.250. The van der Waals surface area contributed by atoms with Gasteiger partial charge in [0.25, 0.3) is 0 Å². The molecule has 1 aliphatic heterocycles. The van der Waals surface area contributed by atoms with Gasteiger partial charge in [-0.3, -0.25) is 0 Å². The van der Waals surface area contributed by atoms with Gasteiger partial charge in [-0.15, -0.1) is 0 Å². The molecule has 5 heteroatoms. The van der Waals surface area contributed by atoms with Gasteiger partial charge in [0.2, 0.25) is 5.95 Å². The van der Waals surface area contributed by atoms with E-state index in [4.69, 9.17) is 0 Å². The van der Waals surface area contributed by atoms with Crippen molar-refractivity contribution in [1.29, 1.82) is 0 Å². The van der Waals surface area contributed by atoms with E-state index < -0.39 is 11.6 Å². The highest BCUT2D eigenvalue weighted by Crippen LogP contribution is 2.22. The summed E-state index contributed by atoms with van der Waals surface area (Å²) in [6, 6.07) is 5.78. The van der Waals surface area contributed by atoms with Crippen molar-refractivity contribution >= 4 is 12.0 Å². The van der Waals surface area contributed by atoms with Gasteiger partial charge in [0.1, 0.15) is 0 Å². The van der Waals surface area contributed by atoms with Crippen molar-refractivity contribution in [2.45, 2.75) is 12.8 Å². The van der Waals surface area contributed by atoms with Crippen molar-refractivity contribution in [2.75, 3.05) is 18.0 Å². The van der Waals surface area contributed by atoms with Crippen molar-refractivity contribution in [2.24, 2.45) is 0 Å². The molecule has 0 amide bonds. The first-order chi connectivity index (χ1) is 10.2. The number of benzene rings is 1. The van der Waals surface area contributed by atoms with Gasteiger partial charge in [-0.25, -0.2) is 18.7 Å². The predicted molar refractivity (Wildman–Crippen MR) is 77.8 cm³/mol. The van der Waals surface area contributed by atoms with Crippen LogP contribution in [0.4, 0.5) is 14.7 Å². The maximum Gasteiger partial charge on any atom is 0.225 e. The predicted octanol–water partition coefficient (Wildman–Crippen LogP) is 3.44. The van der Waals surface area contributed by atoms with Crippen molar-refractivity contribution in [3.63, 3.8) is 0 Å². The summed E-state index contributed by atoms with van der Waals surface area (Å²) in [5.74, 6) is -0.878.